The lowest BCUT2D eigenvalue weighted by atomic mass is 10.1. The van der Waals surface area contributed by atoms with Gasteiger partial charge in [0.05, 0.1) is 12.4 Å². The van der Waals surface area contributed by atoms with Crippen LogP contribution in [-0.4, -0.2) is 22.4 Å². The first-order valence-electron chi connectivity index (χ1n) is 6.84. The summed E-state index contributed by atoms with van der Waals surface area (Å²) in [4.78, 5) is 19.7. The van der Waals surface area contributed by atoms with Crippen molar-refractivity contribution in [1.29, 1.82) is 0 Å². The third kappa shape index (κ3) is 6.15. The predicted molar refractivity (Wildman–Crippen MR) is 75.6 cm³/mol. The first-order chi connectivity index (χ1) is 9.27. The van der Waals surface area contributed by atoms with Gasteiger partial charge in [-0.05, 0) is 6.42 Å². The lowest BCUT2D eigenvalue weighted by molar-refractivity contribution is 0.0947. The Hall–Kier alpha value is -1.69. The fourth-order valence-corrected chi connectivity index (χ4v) is 1.74. The van der Waals surface area contributed by atoms with Crippen LogP contribution in [0, 0.1) is 0 Å². The van der Waals surface area contributed by atoms with Crippen LogP contribution in [0.5, 0.6) is 0 Å². The van der Waals surface area contributed by atoms with Gasteiger partial charge in [-0.15, -0.1) is 0 Å². The third-order valence-electron chi connectivity index (χ3n) is 2.83. The average Bonchev–Trinajstić information content (AvgIpc) is 2.46. The zero-order valence-electron chi connectivity index (χ0n) is 11.5. The van der Waals surface area contributed by atoms with Crippen LogP contribution in [0.4, 0.5) is 5.82 Å². The molecule has 0 radical (unpaired) electrons. The molecule has 1 aromatic heterocycles. The highest BCUT2D eigenvalue weighted by Gasteiger charge is 2.07. The van der Waals surface area contributed by atoms with Crippen LogP contribution < -0.4 is 16.6 Å². The number of nitrogen functional groups attached to an aromatic ring is 1. The second-order valence-corrected chi connectivity index (χ2v) is 4.46. The summed E-state index contributed by atoms with van der Waals surface area (Å²) in [6.45, 7) is 2.87. The number of carbonyl (C=O) groups excluding carboxylic acids is 1. The topological polar surface area (TPSA) is 92.9 Å². The van der Waals surface area contributed by atoms with E-state index in [0.717, 1.165) is 12.8 Å². The van der Waals surface area contributed by atoms with Crippen LogP contribution in [0.2, 0.25) is 0 Å². The number of unbranched alkanes of at least 4 members (excludes halogenated alkanes) is 5. The lowest BCUT2D eigenvalue weighted by Gasteiger charge is -2.05. The van der Waals surface area contributed by atoms with Gasteiger partial charge in [0.1, 0.15) is 5.69 Å². The van der Waals surface area contributed by atoms with Crippen LogP contribution in [0.15, 0.2) is 12.4 Å². The Balaban J connectivity index is 2.20. The molecule has 0 aliphatic carbocycles. The van der Waals surface area contributed by atoms with Crippen molar-refractivity contribution < 1.29 is 4.79 Å². The largest absolute Gasteiger partial charge is 0.351 e. The minimum atomic E-state index is -0.210. The molecule has 0 atom stereocenters. The molecule has 0 bridgehead atoms. The Kier molecular flexibility index (Phi) is 7.50. The molecule has 0 spiro atoms. The summed E-state index contributed by atoms with van der Waals surface area (Å²) < 4.78 is 0. The molecule has 1 rings (SSSR count). The maximum Gasteiger partial charge on any atom is 0.271 e. The molecule has 0 aromatic carbocycles. The number of nitrogens with one attached hydrogen (secondary N) is 2. The molecule has 6 nitrogen and oxygen atoms in total. The summed E-state index contributed by atoms with van der Waals surface area (Å²) >= 11 is 0. The second kappa shape index (κ2) is 9.27. The molecule has 19 heavy (non-hydrogen) atoms. The number of aromatic nitrogens is 2. The minimum Gasteiger partial charge on any atom is -0.351 e. The van der Waals surface area contributed by atoms with E-state index in [4.69, 9.17) is 5.84 Å². The SMILES string of the molecule is CCCCCCCCNC(=O)c1cncc(NN)n1. The van der Waals surface area contributed by atoms with Crippen LogP contribution in [0.3, 0.4) is 0 Å². The van der Waals surface area contributed by atoms with Crippen molar-refractivity contribution in [3.8, 4) is 0 Å². The van der Waals surface area contributed by atoms with E-state index in [2.05, 4.69) is 27.6 Å². The number of carbonyl (C=O) groups is 1. The Labute approximate surface area is 114 Å². The van der Waals surface area contributed by atoms with E-state index in [1.54, 1.807) is 0 Å². The maximum absolute atomic E-state index is 11.8. The number of rotatable bonds is 9. The van der Waals surface area contributed by atoms with Crippen molar-refractivity contribution in [2.24, 2.45) is 5.84 Å². The van der Waals surface area contributed by atoms with Gasteiger partial charge in [-0.3, -0.25) is 9.78 Å². The van der Waals surface area contributed by atoms with Gasteiger partial charge in [-0.25, -0.2) is 10.8 Å². The fraction of sp³-hybridized carbons (Fsp3) is 0.615. The summed E-state index contributed by atoms with van der Waals surface area (Å²) in [6.07, 6.45) is 10.1. The van der Waals surface area contributed by atoms with Crippen molar-refractivity contribution in [1.82, 2.24) is 15.3 Å². The van der Waals surface area contributed by atoms with E-state index < -0.39 is 0 Å². The molecule has 0 aliphatic heterocycles. The molecular weight excluding hydrogens is 242 g/mol. The van der Waals surface area contributed by atoms with Gasteiger partial charge in [0.2, 0.25) is 0 Å². The second-order valence-electron chi connectivity index (χ2n) is 4.46. The lowest BCUT2D eigenvalue weighted by Crippen LogP contribution is -2.26. The number of amides is 1. The number of hydrogen-bond acceptors (Lipinski definition) is 5. The van der Waals surface area contributed by atoms with E-state index in [-0.39, 0.29) is 11.6 Å². The van der Waals surface area contributed by atoms with Crippen LogP contribution in [0.1, 0.15) is 55.9 Å². The molecular formula is C13H23N5O. The molecule has 0 saturated heterocycles. The standard InChI is InChI=1S/C13H23N5O/c1-2-3-4-5-6-7-8-16-13(19)11-9-15-10-12(17-11)18-14/h9-10H,2-8,14H2,1H3,(H,16,19)(H,17,18). The molecule has 6 heteroatoms. The van der Waals surface area contributed by atoms with Gasteiger partial charge in [0.25, 0.3) is 5.91 Å². The zero-order valence-corrected chi connectivity index (χ0v) is 11.5. The quantitative estimate of drug-likeness (QED) is 0.360. The van der Waals surface area contributed by atoms with Gasteiger partial charge < -0.3 is 10.7 Å². The summed E-state index contributed by atoms with van der Waals surface area (Å²) in [6, 6.07) is 0. The smallest absolute Gasteiger partial charge is 0.271 e. The van der Waals surface area contributed by atoms with Crippen LogP contribution >= 0.6 is 0 Å². The van der Waals surface area contributed by atoms with Crippen molar-refractivity contribution >= 4 is 11.7 Å². The first kappa shape index (κ1) is 15.4. The molecule has 0 aliphatic rings. The average molecular weight is 265 g/mol. The van der Waals surface area contributed by atoms with E-state index >= 15 is 0 Å². The van der Waals surface area contributed by atoms with Crippen molar-refractivity contribution in [3.63, 3.8) is 0 Å². The van der Waals surface area contributed by atoms with Gasteiger partial charge in [0.15, 0.2) is 5.82 Å². The Bertz CT molecular complexity index is 383. The van der Waals surface area contributed by atoms with Gasteiger partial charge >= 0.3 is 0 Å². The van der Waals surface area contributed by atoms with Crippen molar-refractivity contribution in [2.45, 2.75) is 45.4 Å². The molecule has 1 aromatic rings. The number of nitrogens with two attached hydrogens (primary N) is 1. The monoisotopic (exact) mass is 265 g/mol. The van der Waals surface area contributed by atoms with Crippen molar-refractivity contribution in [2.75, 3.05) is 12.0 Å². The summed E-state index contributed by atoms with van der Waals surface area (Å²) in [5.74, 6) is 5.39. The molecule has 106 valence electrons. The van der Waals surface area contributed by atoms with Gasteiger partial charge in [0, 0.05) is 6.54 Å². The Morgan fingerprint density at radius 1 is 1.21 bits per heavy atom. The van der Waals surface area contributed by atoms with E-state index in [1.807, 2.05) is 0 Å². The third-order valence-corrected chi connectivity index (χ3v) is 2.83. The molecule has 4 N–H and O–H groups in total. The number of anilines is 1. The van der Waals surface area contributed by atoms with Crippen LogP contribution in [0.25, 0.3) is 0 Å². The van der Waals surface area contributed by atoms with Gasteiger partial charge in [-0.1, -0.05) is 39.0 Å². The molecule has 1 heterocycles. The highest BCUT2D eigenvalue weighted by Crippen LogP contribution is 2.04. The maximum atomic E-state index is 11.8. The first-order valence-corrected chi connectivity index (χ1v) is 6.84. The van der Waals surface area contributed by atoms with E-state index in [0.29, 0.717) is 12.4 Å². The normalized spacial score (nSPS) is 10.2. The van der Waals surface area contributed by atoms with E-state index in [9.17, 15) is 4.79 Å². The predicted octanol–water partition coefficient (Wildman–Crippen LogP) is 1.85. The Morgan fingerprint density at radius 3 is 2.68 bits per heavy atom. The highest BCUT2D eigenvalue weighted by atomic mass is 16.1. The Morgan fingerprint density at radius 2 is 1.95 bits per heavy atom. The number of hydrazine groups is 1. The van der Waals surface area contributed by atoms with E-state index in [1.165, 1.54) is 38.1 Å². The summed E-state index contributed by atoms with van der Waals surface area (Å²) in [5.41, 5.74) is 2.64. The number of hydrogen-bond donors (Lipinski definition) is 3. The molecule has 1 amide bonds. The zero-order chi connectivity index (χ0) is 13.9. The highest BCUT2D eigenvalue weighted by molar-refractivity contribution is 5.92. The minimum absolute atomic E-state index is 0.210. The molecule has 0 unspecified atom stereocenters. The fourth-order valence-electron chi connectivity index (χ4n) is 1.74. The summed E-state index contributed by atoms with van der Waals surface area (Å²) in [5, 5.41) is 2.83. The molecule has 0 saturated carbocycles. The summed E-state index contributed by atoms with van der Waals surface area (Å²) in [7, 11) is 0. The molecule has 0 fully saturated rings. The van der Waals surface area contributed by atoms with Crippen molar-refractivity contribution in [3.05, 3.63) is 18.1 Å². The van der Waals surface area contributed by atoms with Gasteiger partial charge in [-0.2, -0.15) is 0 Å². The van der Waals surface area contributed by atoms with Crippen LogP contribution in [-0.2, 0) is 0 Å². The number of nitrogens with zero attached hydrogens (tertiary/aromatic N) is 2.